The summed E-state index contributed by atoms with van der Waals surface area (Å²) in [6.45, 7) is 2.99. The number of benzene rings is 1. The molecule has 2 aliphatic heterocycles. The van der Waals surface area contributed by atoms with Gasteiger partial charge >= 0.3 is 6.35 Å². The molecule has 18 heavy (non-hydrogen) atoms. The summed E-state index contributed by atoms with van der Waals surface area (Å²) in [7, 11) is 0. The number of hydrogen-bond acceptors (Lipinski definition) is 1. The van der Waals surface area contributed by atoms with E-state index >= 15 is 0 Å². The van der Waals surface area contributed by atoms with Crippen molar-refractivity contribution in [1.82, 2.24) is 0 Å². The van der Waals surface area contributed by atoms with Gasteiger partial charge in [-0.2, -0.15) is 0 Å². The molecule has 2 aromatic rings. The Balaban J connectivity index is 1.89. The predicted molar refractivity (Wildman–Crippen MR) is 66.6 cm³/mol. The fourth-order valence-corrected chi connectivity index (χ4v) is 2.72. The van der Waals surface area contributed by atoms with Gasteiger partial charge in [0, 0.05) is 12.1 Å². The SMILES string of the molecule is Cc1cccc2c1OC1[N+](=C2)Cc2cccc[n+]21. The van der Waals surface area contributed by atoms with E-state index in [1.54, 1.807) is 0 Å². The molecule has 1 aromatic heterocycles. The second-order valence-electron chi connectivity index (χ2n) is 4.84. The lowest BCUT2D eigenvalue weighted by molar-refractivity contribution is -0.880. The molecule has 0 aliphatic carbocycles. The van der Waals surface area contributed by atoms with E-state index < -0.39 is 0 Å². The van der Waals surface area contributed by atoms with Crippen LogP contribution in [-0.2, 0) is 6.54 Å². The molecular weight excluding hydrogens is 224 g/mol. The molecule has 3 nitrogen and oxygen atoms in total. The van der Waals surface area contributed by atoms with Gasteiger partial charge in [-0.25, -0.2) is 0 Å². The van der Waals surface area contributed by atoms with Crippen LogP contribution in [0.2, 0.25) is 0 Å². The first-order valence-electron chi connectivity index (χ1n) is 6.19. The highest BCUT2D eigenvalue weighted by Gasteiger charge is 2.46. The van der Waals surface area contributed by atoms with Crippen LogP contribution >= 0.6 is 0 Å². The summed E-state index contributed by atoms with van der Waals surface area (Å²) in [6, 6.07) is 12.5. The van der Waals surface area contributed by atoms with Crippen LogP contribution in [0.25, 0.3) is 0 Å². The fourth-order valence-electron chi connectivity index (χ4n) is 2.72. The largest absolute Gasteiger partial charge is 0.512 e. The van der Waals surface area contributed by atoms with Gasteiger partial charge in [0.1, 0.15) is 5.75 Å². The zero-order valence-corrected chi connectivity index (χ0v) is 10.2. The molecule has 0 amide bonds. The third-order valence-corrected chi connectivity index (χ3v) is 3.61. The summed E-state index contributed by atoms with van der Waals surface area (Å²) >= 11 is 0. The maximum Gasteiger partial charge on any atom is 0.512 e. The maximum atomic E-state index is 6.17. The van der Waals surface area contributed by atoms with Crippen molar-refractivity contribution in [3.05, 3.63) is 59.4 Å². The lowest BCUT2D eigenvalue weighted by Gasteiger charge is -2.15. The molecule has 0 N–H and O–H groups in total. The molecule has 1 unspecified atom stereocenters. The van der Waals surface area contributed by atoms with Crippen molar-refractivity contribution < 1.29 is 13.9 Å². The third kappa shape index (κ3) is 1.24. The molecule has 3 heteroatoms. The quantitative estimate of drug-likeness (QED) is 0.639. The van der Waals surface area contributed by atoms with Gasteiger partial charge in [0.2, 0.25) is 6.54 Å². The van der Waals surface area contributed by atoms with E-state index in [1.165, 1.54) is 16.8 Å². The van der Waals surface area contributed by atoms with E-state index in [4.69, 9.17) is 4.74 Å². The van der Waals surface area contributed by atoms with Gasteiger partial charge in [-0.1, -0.05) is 16.7 Å². The lowest BCUT2D eigenvalue weighted by atomic mass is 10.1. The highest BCUT2D eigenvalue weighted by molar-refractivity contribution is 5.81. The molecule has 2 aliphatic rings. The zero-order chi connectivity index (χ0) is 12.1. The Morgan fingerprint density at radius 2 is 2.11 bits per heavy atom. The standard InChI is InChI=1S/C15H14N2O/c1-11-5-4-6-12-9-16-10-13-7-2-3-8-17(13)15(16)18-14(11)12/h2-9,15H,10H2,1H3/q+2. The number of ether oxygens (including phenoxy) is 1. The van der Waals surface area contributed by atoms with Gasteiger partial charge in [-0.3, -0.25) is 0 Å². The van der Waals surface area contributed by atoms with Crippen molar-refractivity contribution >= 4 is 6.21 Å². The normalized spacial score (nSPS) is 19.4. The Hall–Kier alpha value is -2.16. The Morgan fingerprint density at radius 1 is 1.17 bits per heavy atom. The fraction of sp³-hybridized carbons (Fsp3) is 0.200. The number of aryl methyl sites for hydroxylation is 1. The van der Waals surface area contributed by atoms with Gasteiger partial charge in [0.15, 0.2) is 12.4 Å². The van der Waals surface area contributed by atoms with E-state index in [1.807, 2.05) is 6.07 Å². The summed E-state index contributed by atoms with van der Waals surface area (Å²) in [6.07, 6.45) is 4.25. The van der Waals surface area contributed by atoms with E-state index in [0.29, 0.717) is 0 Å². The first kappa shape index (κ1) is 9.83. The average Bonchev–Trinajstić information content (AvgIpc) is 2.75. The van der Waals surface area contributed by atoms with Crippen LogP contribution in [0.4, 0.5) is 0 Å². The van der Waals surface area contributed by atoms with Gasteiger partial charge in [-0.15, -0.1) is 4.58 Å². The van der Waals surface area contributed by atoms with Crippen molar-refractivity contribution in [2.75, 3.05) is 0 Å². The lowest BCUT2D eigenvalue weighted by Crippen LogP contribution is -2.45. The van der Waals surface area contributed by atoms with Crippen LogP contribution in [0.3, 0.4) is 0 Å². The number of hydrogen-bond donors (Lipinski definition) is 0. The minimum absolute atomic E-state index is 0.0326. The maximum absolute atomic E-state index is 6.17. The minimum Gasteiger partial charge on any atom is -0.380 e. The van der Waals surface area contributed by atoms with Gasteiger partial charge in [0.05, 0.1) is 5.56 Å². The second kappa shape index (κ2) is 3.42. The van der Waals surface area contributed by atoms with E-state index in [9.17, 15) is 0 Å². The molecule has 0 fully saturated rings. The number of fused-ring (bicyclic) bond motifs is 4. The predicted octanol–water partition coefficient (Wildman–Crippen LogP) is 1.78. The molecule has 1 atom stereocenters. The molecule has 88 valence electrons. The number of para-hydroxylation sites is 1. The summed E-state index contributed by atoms with van der Waals surface area (Å²) < 4.78 is 10.6. The number of nitrogens with zero attached hydrogens (tertiary/aromatic N) is 2. The summed E-state index contributed by atoms with van der Waals surface area (Å²) in [5, 5.41) is 0. The minimum atomic E-state index is -0.0326. The Morgan fingerprint density at radius 3 is 3.06 bits per heavy atom. The van der Waals surface area contributed by atoms with Crippen molar-refractivity contribution in [2.24, 2.45) is 0 Å². The smallest absolute Gasteiger partial charge is 0.380 e. The van der Waals surface area contributed by atoms with Crippen LogP contribution in [0.1, 0.15) is 23.2 Å². The molecule has 4 rings (SSSR count). The van der Waals surface area contributed by atoms with Crippen LogP contribution < -0.4 is 9.30 Å². The molecule has 0 saturated heterocycles. The van der Waals surface area contributed by atoms with Crippen molar-refractivity contribution in [1.29, 1.82) is 0 Å². The Labute approximate surface area is 106 Å². The first-order valence-corrected chi connectivity index (χ1v) is 6.19. The number of pyridine rings is 1. The van der Waals surface area contributed by atoms with Crippen molar-refractivity contribution in [2.45, 2.75) is 19.8 Å². The molecular formula is C15H14N2O+2. The molecule has 0 spiro atoms. The van der Waals surface area contributed by atoms with Crippen LogP contribution in [0.15, 0.2) is 42.6 Å². The molecule has 3 heterocycles. The summed E-state index contributed by atoms with van der Waals surface area (Å²) in [5.41, 5.74) is 3.64. The van der Waals surface area contributed by atoms with Crippen LogP contribution in [0.5, 0.6) is 5.75 Å². The molecule has 0 saturated carbocycles. The first-order chi connectivity index (χ1) is 8.83. The Kier molecular flexibility index (Phi) is 1.87. The third-order valence-electron chi connectivity index (χ3n) is 3.61. The molecule has 1 aromatic carbocycles. The van der Waals surface area contributed by atoms with Gasteiger partial charge in [-0.05, 0) is 24.6 Å². The van der Waals surface area contributed by atoms with Crippen LogP contribution in [0, 0.1) is 6.92 Å². The van der Waals surface area contributed by atoms with Gasteiger partial charge < -0.3 is 4.74 Å². The summed E-state index contributed by atoms with van der Waals surface area (Å²) in [4.78, 5) is 0. The highest BCUT2D eigenvalue weighted by atomic mass is 16.5. The zero-order valence-electron chi connectivity index (χ0n) is 10.2. The molecule has 0 radical (unpaired) electrons. The van der Waals surface area contributed by atoms with E-state index in [2.05, 4.69) is 58.8 Å². The average molecular weight is 238 g/mol. The summed E-state index contributed by atoms with van der Waals surface area (Å²) in [5.74, 6) is 1.00. The van der Waals surface area contributed by atoms with E-state index in [-0.39, 0.29) is 6.35 Å². The second-order valence-corrected chi connectivity index (χ2v) is 4.84. The van der Waals surface area contributed by atoms with Crippen LogP contribution in [-0.4, -0.2) is 10.8 Å². The topological polar surface area (TPSA) is 16.1 Å². The number of rotatable bonds is 0. The van der Waals surface area contributed by atoms with E-state index in [0.717, 1.165) is 12.3 Å². The monoisotopic (exact) mass is 238 g/mol. The highest BCUT2D eigenvalue weighted by Crippen LogP contribution is 2.30. The van der Waals surface area contributed by atoms with Crippen molar-refractivity contribution in [3.63, 3.8) is 0 Å². The van der Waals surface area contributed by atoms with Gasteiger partial charge in [0.25, 0.3) is 5.69 Å². The Bertz CT molecular complexity index is 676. The van der Waals surface area contributed by atoms with Crippen molar-refractivity contribution in [3.8, 4) is 5.75 Å². The molecule has 0 bridgehead atoms. The number of aromatic nitrogens is 1.